The maximum atomic E-state index is 12.1. The normalized spacial score (nSPS) is 16.6. The highest BCUT2D eigenvalue weighted by Gasteiger charge is 2.20. The second kappa shape index (κ2) is 10.1. The Hall–Kier alpha value is -2.04. The molecule has 1 heterocycles. The maximum Gasteiger partial charge on any atom is 0.224 e. The fourth-order valence-electron chi connectivity index (χ4n) is 2.85. The molecule has 5 heteroatoms. The molecular formula is C20H25ClN2O2. The van der Waals surface area contributed by atoms with Crippen LogP contribution in [-0.4, -0.2) is 19.0 Å². The third-order valence-corrected chi connectivity index (χ3v) is 4.31. The maximum absolute atomic E-state index is 12.1. The molecule has 134 valence electrons. The van der Waals surface area contributed by atoms with Gasteiger partial charge in [0, 0.05) is 13.1 Å². The number of hydrogen-bond donors (Lipinski definition) is 2. The van der Waals surface area contributed by atoms with Crippen LogP contribution < -0.4 is 15.4 Å². The number of para-hydroxylation sites is 1. The van der Waals surface area contributed by atoms with Crippen LogP contribution in [0.3, 0.4) is 0 Å². The van der Waals surface area contributed by atoms with Crippen LogP contribution in [0.15, 0.2) is 54.6 Å². The summed E-state index contributed by atoms with van der Waals surface area (Å²) in [6.45, 7) is 2.94. The van der Waals surface area contributed by atoms with Gasteiger partial charge in [-0.1, -0.05) is 42.5 Å². The highest BCUT2D eigenvalue weighted by molar-refractivity contribution is 5.85. The first kappa shape index (κ1) is 19.3. The van der Waals surface area contributed by atoms with Crippen molar-refractivity contribution in [2.24, 2.45) is 5.92 Å². The lowest BCUT2D eigenvalue weighted by Gasteiger charge is -2.21. The molecule has 1 atom stereocenters. The number of piperidine rings is 1. The molecule has 0 radical (unpaired) electrons. The van der Waals surface area contributed by atoms with E-state index in [1.165, 1.54) is 0 Å². The molecule has 0 bridgehead atoms. The number of hydrogen-bond acceptors (Lipinski definition) is 3. The van der Waals surface area contributed by atoms with Crippen molar-refractivity contribution in [3.8, 4) is 5.75 Å². The van der Waals surface area contributed by atoms with E-state index in [-0.39, 0.29) is 24.2 Å². The SMILES string of the molecule is Cl.O=C(NCc1ccc(COc2ccccc2)cc1)C1CCCNC1. The minimum atomic E-state index is 0. The van der Waals surface area contributed by atoms with Crippen molar-refractivity contribution in [3.05, 3.63) is 65.7 Å². The number of ether oxygens (including phenoxy) is 1. The fourth-order valence-corrected chi connectivity index (χ4v) is 2.85. The number of rotatable bonds is 6. The third-order valence-electron chi connectivity index (χ3n) is 4.31. The first-order valence-corrected chi connectivity index (χ1v) is 8.55. The van der Waals surface area contributed by atoms with E-state index in [9.17, 15) is 4.79 Å². The van der Waals surface area contributed by atoms with Crippen LogP contribution in [0.4, 0.5) is 0 Å². The minimum absolute atomic E-state index is 0. The molecule has 25 heavy (non-hydrogen) atoms. The molecule has 0 aliphatic carbocycles. The summed E-state index contributed by atoms with van der Waals surface area (Å²) in [5, 5.41) is 6.31. The lowest BCUT2D eigenvalue weighted by molar-refractivity contribution is -0.125. The van der Waals surface area contributed by atoms with Crippen molar-refractivity contribution in [3.63, 3.8) is 0 Å². The van der Waals surface area contributed by atoms with Gasteiger partial charge in [0.15, 0.2) is 0 Å². The van der Waals surface area contributed by atoms with Gasteiger partial charge in [-0.2, -0.15) is 0 Å². The predicted molar refractivity (Wildman–Crippen MR) is 102 cm³/mol. The molecule has 2 N–H and O–H groups in total. The summed E-state index contributed by atoms with van der Waals surface area (Å²) in [4.78, 5) is 12.1. The first-order chi connectivity index (χ1) is 11.8. The standard InChI is InChI=1S/C20H24N2O2.ClH/c23-20(18-5-4-12-21-14-18)22-13-16-8-10-17(11-9-16)15-24-19-6-2-1-3-7-19;/h1-3,6-11,18,21H,4-5,12-15H2,(H,22,23);1H. The molecule has 3 rings (SSSR count). The second-order valence-electron chi connectivity index (χ2n) is 6.18. The smallest absolute Gasteiger partial charge is 0.224 e. The average molecular weight is 361 g/mol. The monoisotopic (exact) mass is 360 g/mol. The van der Waals surface area contributed by atoms with Gasteiger partial charge in [0.2, 0.25) is 5.91 Å². The van der Waals surface area contributed by atoms with Crippen LogP contribution in [0.1, 0.15) is 24.0 Å². The van der Waals surface area contributed by atoms with E-state index in [0.29, 0.717) is 13.2 Å². The van der Waals surface area contributed by atoms with Gasteiger partial charge >= 0.3 is 0 Å². The Kier molecular flexibility index (Phi) is 7.76. The number of benzene rings is 2. The van der Waals surface area contributed by atoms with Gasteiger partial charge < -0.3 is 15.4 Å². The Labute approximate surface area is 155 Å². The second-order valence-corrected chi connectivity index (χ2v) is 6.18. The summed E-state index contributed by atoms with van der Waals surface area (Å²) in [5.74, 6) is 1.13. The van der Waals surface area contributed by atoms with Crippen LogP contribution in [-0.2, 0) is 17.9 Å². The molecule has 2 aromatic rings. The molecule has 1 fully saturated rings. The van der Waals surface area contributed by atoms with Crippen LogP contribution in [0.2, 0.25) is 0 Å². The van der Waals surface area contributed by atoms with Crippen LogP contribution >= 0.6 is 12.4 Å². The minimum Gasteiger partial charge on any atom is -0.489 e. The van der Waals surface area contributed by atoms with E-state index in [2.05, 4.69) is 10.6 Å². The van der Waals surface area contributed by atoms with E-state index in [0.717, 1.165) is 42.8 Å². The van der Waals surface area contributed by atoms with Gasteiger partial charge in [0.05, 0.1) is 5.92 Å². The number of carbonyl (C=O) groups excluding carboxylic acids is 1. The molecular weight excluding hydrogens is 336 g/mol. The Morgan fingerprint density at radius 1 is 1.08 bits per heavy atom. The van der Waals surface area contributed by atoms with Gasteiger partial charge in [0.25, 0.3) is 0 Å². The van der Waals surface area contributed by atoms with Crippen LogP contribution in [0, 0.1) is 5.92 Å². The molecule has 1 saturated heterocycles. The summed E-state index contributed by atoms with van der Waals surface area (Å²) >= 11 is 0. The molecule has 1 amide bonds. The Morgan fingerprint density at radius 2 is 1.80 bits per heavy atom. The molecule has 0 aromatic heterocycles. The van der Waals surface area contributed by atoms with E-state index in [4.69, 9.17) is 4.74 Å². The third kappa shape index (κ3) is 6.07. The molecule has 0 saturated carbocycles. The van der Waals surface area contributed by atoms with Gasteiger partial charge in [0.1, 0.15) is 12.4 Å². The predicted octanol–water partition coefficient (Wildman–Crippen LogP) is 3.30. The van der Waals surface area contributed by atoms with Gasteiger partial charge in [-0.25, -0.2) is 0 Å². The van der Waals surface area contributed by atoms with Crippen LogP contribution in [0.25, 0.3) is 0 Å². The topological polar surface area (TPSA) is 50.4 Å². The Bertz CT molecular complexity index is 641. The zero-order valence-electron chi connectivity index (χ0n) is 14.2. The number of carbonyl (C=O) groups is 1. The quantitative estimate of drug-likeness (QED) is 0.831. The average Bonchev–Trinajstić information content (AvgIpc) is 2.67. The summed E-state index contributed by atoms with van der Waals surface area (Å²) in [7, 11) is 0. The van der Waals surface area contributed by atoms with Gasteiger partial charge in [-0.05, 0) is 42.6 Å². The van der Waals surface area contributed by atoms with Crippen molar-refractivity contribution in [1.29, 1.82) is 0 Å². The molecule has 1 aliphatic heterocycles. The van der Waals surface area contributed by atoms with Crippen molar-refractivity contribution in [2.45, 2.75) is 26.0 Å². The largest absolute Gasteiger partial charge is 0.489 e. The number of amides is 1. The molecule has 2 aromatic carbocycles. The zero-order chi connectivity index (χ0) is 16.6. The van der Waals surface area contributed by atoms with Crippen LogP contribution in [0.5, 0.6) is 5.75 Å². The first-order valence-electron chi connectivity index (χ1n) is 8.55. The van der Waals surface area contributed by atoms with Crippen molar-refractivity contribution < 1.29 is 9.53 Å². The summed E-state index contributed by atoms with van der Waals surface area (Å²) < 4.78 is 5.73. The van der Waals surface area contributed by atoms with Crippen molar-refractivity contribution in [1.82, 2.24) is 10.6 Å². The van der Waals surface area contributed by atoms with E-state index < -0.39 is 0 Å². The van der Waals surface area contributed by atoms with Gasteiger partial charge in [-0.3, -0.25) is 4.79 Å². The number of nitrogens with one attached hydrogen (secondary N) is 2. The van der Waals surface area contributed by atoms with Crippen molar-refractivity contribution in [2.75, 3.05) is 13.1 Å². The molecule has 0 spiro atoms. The lowest BCUT2D eigenvalue weighted by atomic mass is 9.99. The highest BCUT2D eigenvalue weighted by atomic mass is 35.5. The summed E-state index contributed by atoms with van der Waals surface area (Å²) in [6.07, 6.45) is 2.06. The Balaban J connectivity index is 0.00000225. The zero-order valence-corrected chi connectivity index (χ0v) is 15.1. The van der Waals surface area contributed by atoms with Crippen molar-refractivity contribution >= 4 is 18.3 Å². The van der Waals surface area contributed by atoms with E-state index >= 15 is 0 Å². The molecule has 4 nitrogen and oxygen atoms in total. The Morgan fingerprint density at radius 3 is 2.48 bits per heavy atom. The fraction of sp³-hybridized carbons (Fsp3) is 0.350. The summed E-state index contributed by atoms with van der Waals surface area (Å²) in [6, 6.07) is 18.0. The lowest BCUT2D eigenvalue weighted by Crippen LogP contribution is -2.40. The molecule has 1 unspecified atom stereocenters. The molecule has 1 aliphatic rings. The highest BCUT2D eigenvalue weighted by Crippen LogP contribution is 2.13. The summed E-state index contributed by atoms with van der Waals surface area (Å²) in [5.41, 5.74) is 2.22. The van der Waals surface area contributed by atoms with E-state index in [1.807, 2.05) is 54.6 Å². The van der Waals surface area contributed by atoms with E-state index in [1.54, 1.807) is 0 Å². The van der Waals surface area contributed by atoms with Gasteiger partial charge in [-0.15, -0.1) is 12.4 Å². The number of halogens is 1.